The van der Waals surface area contributed by atoms with Crippen molar-refractivity contribution in [2.75, 3.05) is 0 Å². The number of thiazole rings is 1. The van der Waals surface area contributed by atoms with Crippen LogP contribution in [0.15, 0.2) is 54.6 Å². The fourth-order valence-electron chi connectivity index (χ4n) is 2.02. The van der Waals surface area contributed by atoms with Crippen molar-refractivity contribution >= 4 is 22.9 Å². The smallest absolute Gasteiger partial charge is 0.0908 e. The summed E-state index contributed by atoms with van der Waals surface area (Å²) in [6.07, 6.45) is 0. The first-order valence-corrected chi connectivity index (χ1v) is 7.22. The average Bonchev–Trinajstić information content (AvgIpc) is 2.83. The van der Waals surface area contributed by atoms with Crippen molar-refractivity contribution in [1.82, 2.24) is 4.98 Å². The van der Waals surface area contributed by atoms with Gasteiger partial charge in [0.2, 0.25) is 0 Å². The molecule has 19 heavy (non-hydrogen) atoms. The molecule has 94 valence electrons. The van der Waals surface area contributed by atoms with Gasteiger partial charge in [-0.3, -0.25) is 0 Å². The molecule has 0 saturated carbocycles. The average molecular weight is 286 g/mol. The van der Waals surface area contributed by atoms with Crippen LogP contribution in [-0.4, -0.2) is 4.98 Å². The van der Waals surface area contributed by atoms with Crippen LogP contribution in [-0.2, 0) is 0 Å². The minimum atomic E-state index is 0.756. The molecule has 0 atom stereocenters. The predicted octanol–water partition coefficient (Wildman–Crippen LogP) is 5.44. The molecular formula is C16H12ClNS. The Hall–Kier alpha value is -1.64. The summed E-state index contributed by atoms with van der Waals surface area (Å²) in [5.74, 6) is 0. The summed E-state index contributed by atoms with van der Waals surface area (Å²) in [6, 6.07) is 18.2. The third-order valence-corrected chi connectivity index (χ3v) is 4.16. The van der Waals surface area contributed by atoms with Crippen molar-refractivity contribution in [2.24, 2.45) is 0 Å². The van der Waals surface area contributed by atoms with Crippen LogP contribution in [0, 0.1) is 6.92 Å². The number of nitrogens with zero attached hydrogens (tertiary/aromatic N) is 1. The van der Waals surface area contributed by atoms with Gasteiger partial charge in [-0.15, -0.1) is 11.3 Å². The van der Waals surface area contributed by atoms with E-state index in [2.05, 4.69) is 17.1 Å². The molecule has 0 aliphatic heterocycles. The monoisotopic (exact) mass is 285 g/mol. The third kappa shape index (κ3) is 2.55. The molecule has 3 heteroatoms. The van der Waals surface area contributed by atoms with E-state index in [4.69, 9.17) is 11.6 Å². The Labute approximate surface area is 121 Å². The lowest BCUT2D eigenvalue weighted by molar-refractivity contribution is 1.30. The van der Waals surface area contributed by atoms with E-state index < -0.39 is 0 Å². The molecule has 3 rings (SSSR count). The minimum Gasteiger partial charge on any atom is -0.241 e. The Kier molecular flexibility index (Phi) is 3.36. The second kappa shape index (κ2) is 5.16. The van der Waals surface area contributed by atoms with E-state index in [0.29, 0.717) is 0 Å². The lowest BCUT2D eigenvalue weighted by Crippen LogP contribution is -1.81. The van der Waals surface area contributed by atoms with Gasteiger partial charge in [0.05, 0.1) is 15.6 Å². The molecule has 1 aromatic heterocycles. The lowest BCUT2D eigenvalue weighted by Gasteiger charge is -2.02. The molecule has 0 aliphatic rings. The summed E-state index contributed by atoms with van der Waals surface area (Å²) >= 11 is 7.66. The van der Waals surface area contributed by atoms with Crippen LogP contribution in [0.1, 0.15) is 5.01 Å². The lowest BCUT2D eigenvalue weighted by atomic mass is 10.1. The van der Waals surface area contributed by atoms with Gasteiger partial charge >= 0.3 is 0 Å². The Morgan fingerprint density at radius 1 is 0.895 bits per heavy atom. The standard InChI is InChI=1S/C16H12ClNS/c1-11-18-15(12-5-3-2-4-6-12)16(19-11)13-7-9-14(17)10-8-13/h2-10H,1H3. The second-order valence-corrected chi connectivity index (χ2v) is 5.92. The zero-order chi connectivity index (χ0) is 13.2. The van der Waals surface area contributed by atoms with E-state index in [1.807, 2.05) is 49.4 Å². The number of benzene rings is 2. The zero-order valence-electron chi connectivity index (χ0n) is 10.4. The highest BCUT2D eigenvalue weighted by Gasteiger charge is 2.12. The highest BCUT2D eigenvalue weighted by atomic mass is 35.5. The van der Waals surface area contributed by atoms with Gasteiger partial charge in [0.1, 0.15) is 0 Å². The van der Waals surface area contributed by atoms with Gasteiger partial charge in [0, 0.05) is 10.6 Å². The van der Waals surface area contributed by atoms with E-state index in [1.165, 1.54) is 4.88 Å². The molecule has 1 nitrogen and oxygen atoms in total. The number of hydrogen-bond donors (Lipinski definition) is 0. The third-order valence-electron chi connectivity index (χ3n) is 2.89. The maximum absolute atomic E-state index is 5.95. The molecule has 2 aromatic carbocycles. The van der Waals surface area contributed by atoms with Crippen molar-refractivity contribution in [3.05, 3.63) is 64.6 Å². The van der Waals surface area contributed by atoms with Crippen LogP contribution in [0.2, 0.25) is 5.02 Å². The summed E-state index contributed by atoms with van der Waals surface area (Å²) in [5, 5.41) is 1.83. The summed E-state index contributed by atoms with van der Waals surface area (Å²) in [5.41, 5.74) is 3.36. The molecule has 3 aromatic rings. The first-order chi connectivity index (χ1) is 9.24. The highest BCUT2D eigenvalue weighted by molar-refractivity contribution is 7.15. The van der Waals surface area contributed by atoms with Gasteiger partial charge in [0.25, 0.3) is 0 Å². The fraction of sp³-hybridized carbons (Fsp3) is 0.0625. The maximum atomic E-state index is 5.95. The van der Waals surface area contributed by atoms with Gasteiger partial charge < -0.3 is 0 Å². The fourth-order valence-corrected chi connectivity index (χ4v) is 3.09. The van der Waals surface area contributed by atoms with Gasteiger partial charge in [-0.2, -0.15) is 0 Å². The molecule has 1 heterocycles. The number of aromatic nitrogens is 1. The molecule has 0 fully saturated rings. The second-order valence-electron chi connectivity index (χ2n) is 4.28. The summed E-state index contributed by atoms with van der Waals surface area (Å²) in [6.45, 7) is 2.04. The van der Waals surface area contributed by atoms with E-state index in [0.717, 1.165) is 26.9 Å². The first-order valence-electron chi connectivity index (χ1n) is 6.03. The van der Waals surface area contributed by atoms with Crippen LogP contribution in [0.5, 0.6) is 0 Å². The Balaban J connectivity index is 2.15. The van der Waals surface area contributed by atoms with E-state index >= 15 is 0 Å². The molecule has 0 bridgehead atoms. The van der Waals surface area contributed by atoms with Gasteiger partial charge in [-0.25, -0.2) is 4.98 Å². The quantitative estimate of drug-likeness (QED) is 0.611. The summed E-state index contributed by atoms with van der Waals surface area (Å²) in [7, 11) is 0. The Morgan fingerprint density at radius 3 is 2.26 bits per heavy atom. The minimum absolute atomic E-state index is 0.756. The SMILES string of the molecule is Cc1nc(-c2ccccc2)c(-c2ccc(Cl)cc2)s1. The van der Waals surface area contributed by atoms with E-state index in [1.54, 1.807) is 11.3 Å². The van der Waals surface area contributed by atoms with Crippen molar-refractivity contribution in [3.63, 3.8) is 0 Å². The Bertz CT molecular complexity index is 687. The van der Waals surface area contributed by atoms with Crippen molar-refractivity contribution in [2.45, 2.75) is 6.92 Å². The van der Waals surface area contributed by atoms with Crippen molar-refractivity contribution < 1.29 is 0 Å². The topological polar surface area (TPSA) is 12.9 Å². The normalized spacial score (nSPS) is 10.6. The molecule has 0 radical (unpaired) electrons. The van der Waals surface area contributed by atoms with Crippen LogP contribution in [0.3, 0.4) is 0 Å². The van der Waals surface area contributed by atoms with Gasteiger partial charge in [-0.05, 0) is 24.6 Å². The number of aryl methyl sites for hydroxylation is 1. The molecule has 0 aliphatic carbocycles. The van der Waals surface area contributed by atoms with Crippen LogP contribution in [0.4, 0.5) is 0 Å². The van der Waals surface area contributed by atoms with Crippen molar-refractivity contribution in [3.8, 4) is 21.7 Å². The molecular weight excluding hydrogens is 274 g/mol. The van der Waals surface area contributed by atoms with Crippen LogP contribution in [0.25, 0.3) is 21.7 Å². The van der Waals surface area contributed by atoms with Crippen LogP contribution < -0.4 is 0 Å². The van der Waals surface area contributed by atoms with Crippen LogP contribution >= 0.6 is 22.9 Å². The summed E-state index contributed by atoms with van der Waals surface area (Å²) < 4.78 is 0. The van der Waals surface area contributed by atoms with E-state index in [-0.39, 0.29) is 0 Å². The molecule has 0 amide bonds. The summed E-state index contributed by atoms with van der Waals surface area (Å²) in [4.78, 5) is 5.86. The molecule has 0 unspecified atom stereocenters. The number of hydrogen-bond acceptors (Lipinski definition) is 2. The first kappa shape index (κ1) is 12.4. The largest absolute Gasteiger partial charge is 0.241 e. The Morgan fingerprint density at radius 2 is 1.58 bits per heavy atom. The predicted molar refractivity (Wildman–Crippen MR) is 82.7 cm³/mol. The number of halogens is 1. The molecule has 0 saturated heterocycles. The maximum Gasteiger partial charge on any atom is 0.0908 e. The zero-order valence-corrected chi connectivity index (χ0v) is 12.0. The molecule has 0 spiro atoms. The van der Waals surface area contributed by atoms with Gasteiger partial charge in [0.15, 0.2) is 0 Å². The van der Waals surface area contributed by atoms with E-state index in [9.17, 15) is 0 Å². The number of rotatable bonds is 2. The molecule has 0 N–H and O–H groups in total. The van der Waals surface area contributed by atoms with Crippen molar-refractivity contribution in [1.29, 1.82) is 0 Å². The van der Waals surface area contributed by atoms with Gasteiger partial charge in [-0.1, -0.05) is 54.1 Å². The highest BCUT2D eigenvalue weighted by Crippen LogP contribution is 2.36.